The van der Waals surface area contributed by atoms with Crippen LogP contribution >= 0.6 is 0 Å². The summed E-state index contributed by atoms with van der Waals surface area (Å²) < 4.78 is 5.67. The van der Waals surface area contributed by atoms with Crippen molar-refractivity contribution in [2.24, 2.45) is 0 Å². The topological polar surface area (TPSA) is 9.23 Å². The molecule has 0 bridgehead atoms. The first kappa shape index (κ1) is 16.0. The van der Waals surface area contributed by atoms with Crippen LogP contribution in [-0.4, -0.2) is 0 Å². The van der Waals surface area contributed by atoms with Crippen LogP contribution in [0.25, 0.3) is 0 Å². The van der Waals surface area contributed by atoms with Gasteiger partial charge in [-0.3, -0.25) is 0 Å². The van der Waals surface area contributed by atoms with Gasteiger partial charge in [0.25, 0.3) is 0 Å². The molecule has 1 nitrogen and oxygen atoms in total. The van der Waals surface area contributed by atoms with Gasteiger partial charge in [0, 0.05) is 0 Å². The van der Waals surface area contributed by atoms with E-state index in [9.17, 15) is 0 Å². The summed E-state index contributed by atoms with van der Waals surface area (Å²) in [6, 6.07) is 7.90. The highest BCUT2D eigenvalue weighted by Crippen LogP contribution is 2.15. The first-order valence-electron chi connectivity index (χ1n) is 6.12. The SMILES string of the molecule is C=C/C=C\C(=C/C=C)Oc1ccc(C)cc1.CC. The predicted octanol–water partition coefficient (Wildman–Crippen LogP) is 5.21. The highest BCUT2D eigenvalue weighted by atomic mass is 16.5. The second kappa shape index (κ2) is 10.2. The van der Waals surface area contributed by atoms with Crippen molar-refractivity contribution in [1.29, 1.82) is 0 Å². The lowest BCUT2D eigenvalue weighted by Gasteiger charge is -2.05. The fourth-order valence-corrected chi connectivity index (χ4v) is 1.15. The zero-order chi connectivity index (χ0) is 13.8. The Balaban J connectivity index is 0.00000137. The molecule has 0 radical (unpaired) electrons. The second-order valence-electron chi connectivity index (χ2n) is 3.31. The van der Waals surface area contributed by atoms with Crippen LogP contribution in [0, 0.1) is 6.92 Å². The van der Waals surface area contributed by atoms with Gasteiger partial charge in [0.15, 0.2) is 0 Å². The molecule has 0 aliphatic rings. The second-order valence-corrected chi connectivity index (χ2v) is 3.31. The summed E-state index contributed by atoms with van der Waals surface area (Å²) in [5.41, 5.74) is 1.21. The Hall–Kier alpha value is -2.02. The first-order valence-corrected chi connectivity index (χ1v) is 6.12. The number of ether oxygens (including phenoxy) is 1. The van der Waals surface area contributed by atoms with Crippen LogP contribution in [0.4, 0.5) is 0 Å². The fourth-order valence-electron chi connectivity index (χ4n) is 1.15. The molecule has 0 amide bonds. The maximum absolute atomic E-state index is 5.67. The summed E-state index contributed by atoms with van der Waals surface area (Å²) in [5, 5.41) is 0. The highest BCUT2D eigenvalue weighted by Gasteiger charge is 1.95. The van der Waals surface area contributed by atoms with E-state index in [0.29, 0.717) is 0 Å². The van der Waals surface area contributed by atoms with Crippen LogP contribution in [0.5, 0.6) is 5.75 Å². The maximum atomic E-state index is 5.67. The maximum Gasteiger partial charge on any atom is 0.127 e. The normalized spacial score (nSPS) is 10.5. The molecule has 0 saturated carbocycles. The van der Waals surface area contributed by atoms with E-state index in [1.807, 2.05) is 57.2 Å². The Morgan fingerprint density at radius 1 is 1.06 bits per heavy atom. The smallest absolute Gasteiger partial charge is 0.127 e. The molecule has 1 heteroatoms. The lowest BCUT2D eigenvalue weighted by Crippen LogP contribution is -1.91. The Bertz CT molecular complexity index is 408. The summed E-state index contributed by atoms with van der Waals surface area (Å²) in [6.07, 6.45) is 8.87. The van der Waals surface area contributed by atoms with Crippen LogP contribution < -0.4 is 4.74 Å². The molecule has 0 spiro atoms. The van der Waals surface area contributed by atoms with Gasteiger partial charge in [-0.1, -0.05) is 62.9 Å². The van der Waals surface area contributed by atoms with Crippen LogP contribution in [0.1, 0.15) is 19.4 Å². The molecule has 0 aliphatic heterocycles. The summed E-state index contributed by atoms with van der Waals surface area (Å²) in [6.45, 7) is 13.3. The van der Waals surface area contributed by atoms with Crippen molar-refractivity contribution in [2.45, 2.75) is 20.8 Å². The van der Waals surface area contributed by atoms with Crippen molar-refractivity contribution in [3.63, 3.8) is 0 Å². The van der Waals surface area contributed by atoms with Gasteiger partial charge in [-0.05, 0) is 31.2 Å². The molecule has 1 rings (SSSR count). The molecule has 96 valence electrons. The fraction of sp³-hybridized carbons (Fsp3) is 0.176. The molecule has 0 saturated heterocycles. The zero-order valence-electron chi connectivity index (χ0n) is 11.5. The number of aryl methyl sites for hydroxylation is 1. The third-order valence-corrected chi connectivity index (χ3v) is 1.94. The molecule has 0 heterocycles. The summed E-state index contributed by atoms with van der Waals surface area (Å²) >= 11 is 0. The Labute approximate surface area is 111 Å². The number of benzene rings is 1. The quantitative estimate of drug-likeness (QED) is 0.508. The third kappa shape index (κ3) is 6.54. The minimum atomic E-state index is 0.735. The zero-order valence-corrected chi connectivity index (χ0v) is 11.5. The van der Waals surface area contributed by atoms with Gasteiger partial charge in [0.2, 0.25) is 0 Å². The van der Waals surface area contributed by atoms with E-state index >= 15 is 0 Å². The molecule has 0 atom stereocenters. The Morgan fingerprint density at radius 2 is 1.67 bits per heavy atom. The Kier molecular flexibility index (Phi) is 9.01. The van der Waals surface area contributed by atoms with E-state index in [4.69, 9.17) is 4.74 Å². The van der Waals surface area contributed by atoms with Crippen LogP contribution in [-0.2, 0) is 0 Å². The molecule has 0 unspecified atom stereocenters. The van der Waals surface area contributed by atoms with Crippen molar-refractivity contribution in [3.05, 3.63) is 79.1 Å². The summed E-state index contributed by atoms with van der Waals surface area (Å²) in [5.74, 6) is 1.55. The number of allylic oxidation sites excluding steroid dienone is 5. The Morgan fingerprint density at radius 3 is 2.17 bits per heavy atom. The summed E-state index contributed by atoms with van der Waals surface area (Å²) in [4.78, 5) is 0. The van der Waals surface area contributed by atoms with Crippen LogP contribution in [0.3, 0.4) is 0 Å². The van der Waals surface area contributed by atoms with Crippen LogP contribution in [0.2, 0.25) is 0 Å². The lowest BCUT2D eigenvalue weighted by molar-refractivity contribution is 0.444. The van der Waals surface area contributed by atoms with Gasteiger partial charge < -0.3 is 4.74 Å². The van der Waals surface area contributed by atoms with E-state index in [1.54, 1.807) is 18.2 Å². The van der Waals surface area contributed by atoms with Crippen molar-refractivity contribution in [3.8, 4) is 5.75 Å². The van der Waals surface area contributed by atoms with Crippen LogP contribution in [0.15, 0.2) is 73.6 Å². The largest absolute Gasteiger partial charge is 0.457 e. The van der Waals surface area contributed by atoms with E-state index in [2.05, 4.69) is 13.2 Å². The third-order valence-electron chi connectivity index (χ3n) is 1.94. The molecule has 0 N–H and O–H groups in total. The first-order chi connectivity index (χ1) is 8.76. The number of hydrogen-bond acceptors (Lipinski definition) is 1. The molecular formula is C17H22O. The molecule has 18 heavy (non-hydrogen) atoms. The number of rotatable bonds is 5. The van der Waals surface area contributed by atoms with E-state index in [1.165, 1.54) is 5.56 Å². The minimum Gasteiger partial charge on any atom is -0.457 e. The average Bonchev–Trinajstić information content (AvgIpc) is 2.41. The van der Waals surface area contributed by atoms with Gasteiger partial charge >= 0.3 is 0 Å². The number of hydrogen-bond donors (Lipinski definition) is 0. The van der Waals surface area contributed by atoms with E-state index < -0.39 is 0 Å². The lowest BCUT2D eigenvalue weighted by atomic mass is 10.2. The van der Waals surface area contributed by atoms with Crippen molar-refractivity contribution >= 4 is 0 Å². The predicted molar refractivity (Wildman–Crippen MR) is 80.8 cm³/mol. The monoisotopic (exact) mass is 242 g/mol. The highest BCUT2D eigenvalue weighted by molar-refractivity contribution is 5.31. The van der Waals surface area contributed by atoms with Crippen molar-refractivity contribution in [1.82, 2.24) is 0 Å². The van der Waals surface area contributed by atoms with Gasteiger partial charge in [-0.25, -0.2) is 0 Å². The van der Waals surface area contributed by atoms with Gasteiger partial charge in [-0.2, -0.15) is 0 Å². The van der Waals surface area contributed by atoms with Crippen molar-refractivity contribution < 1.29 is 4.74 Å². The summed E-state index contributed by atoms with van der Waals surface area (Å²) in [7, 11) is 0. The van der Waals surface area contributed by atoms with Crippen molar-refractivity contribution in [2.75, 3.05) is 0 Å². The van der Waals surface area contributed by atoms with Gasteiger partial charge in [0.05, 0.1) is 0 Å². The molecule has 1 aromatic carbocycles. The van der Waals surface area contributed by atoms with E-state index in [-0.39, 0.29) is 0 Å². The molecule has 0 aliphatic carbocycles. The minimum absolute atomic E-state index is 0.735. The molecule has 0 fully saturated rings. The molecule has 0 aromatic heterocycles. The van der Waals surface area contributed by atoms with E-state index in [0.717, 1.165) is 11.5 Å². The molecular weight excluding hydrogens is 220 g/mol. The average molecular weight is 242 g/mol. The van der Waals surface area contributed by atoms with Gasteiger partial charge in [0.1, 0.15) is 11.5 Å². The van der Waals surface area contributed by atoms with Gasteiger partial charge in [-0.15, -0.1) is 0 Å². The standard InChI is InChI=1S/C15H16O.C2H6/c1-4-6-8-14(7-5-2)16-15-11-9-13(3)10-12-15;1-2/h4-12H,1-2H2,3H3;1-2H3/b8-6-,14-7+;. The molecule has 1 aromatic rings.